The summed E-state index contributed by atoms with van der Waals surface area (Å²) < 4.78 is 27.5. The van der Waals surface area contributed by atoms with Crippen LogP contribution in [0.4, 0.5) is 0 Å². The third-order valence-corrected chi connectivity index (χ3v) is 5.57. The van der Waals surface area contributed by atoms with E-state index in [4.69, 9.17) is 0 Å². The van der Waals surface area contributed by atoms with Crippen molar-refractivity contribution in [3.8, 4) is 0 Å². The van der Waals surface area contributed by atoms with Gasteiger partial charge in [0.05, 0.1) is 4.90 Å². The van der Waals surface area contributed by atoms with Crippen molar-refractivity contribution < 1.29 is 8.42 Å². The van der Waals surface area contributed by atoms with Crippen molar-refractivity contribution in [2.75, 3.05) is 13.6 Å². The summed E-state index contributed by atoms with van der Waals surface area (Å²) in [6.45, 7) is 3.00. The fraction of sp³-hybridized carbons (Fsp3) is 0.600. The van der Waals surface area contributed by atoms with Crippen LogP contribution in [0.25, 0.3) is 0 Å². The van der Waals surface area contributed by atoms with Crippen molar-refractivity contribution in [1.29, 1.82) is 0 Å². The summed E-state index contributed by atoms with van der Waals surface area (Å²) in [5.41, 5.74) is 1.15. The predicted molar refractivity (Wildman–Crippen MR) is 81.2 cm³/mol. The Morgan fingerprint density at radius 3 is 2.45 bits per heavy atom. The lowest BCUT2D eigenvalue weighted by atomic mass is 10.1. The first-order valence-electron chi connectivity index (χ1n) is 7.29. The molecule has 0 spiro atoms. The second-order valence-electron chi connectivity index (χ2n) is 5.63. The van der Waals surface area contributed by atoms with Gasteiger partial charge in [0, 0.05) is 6.04 Å². The molecule has 1 aromatic rings. The van der Waals surface area contributed by atoms with Gasteiger partial charge < -0.3 is 5.32 Å². The first-order valence-corrected chi connectivity index (χ1v) is 8.77. The third-order valence-electron chi connectivity index (χ3n) is 4.07. The van der Waals surface area contributed by atoms with E-state index >= 15 is 0 Å². The van der Waals surface area contributed by atoms with Gasteiger partial charge in [-0.15, -0.1) is 0 Å². The highest BCUT2D eigenvalue weighted by Gasteiger charge is 2.28. The van der Waals surface area contributed by atoms with Gasteiger partial charge in [0.1, 0.15) is 0 Å². The predicted octanol–water partition coefficient (Wildman–Crippen LogP) is 1.92. The third kappa shape index (κ3) is 3.81. The maximum Gasteiger partial charge on any atom is 0.240 e. The van der Waals surface area contributed by atoms with Gasteiger partial charge in [-0.25, -0.2) is 13.1 Å². The van der Waals surface area contributed by atoms with Gasteiger partial charge in [0.2, 0.25) is 10.0 Å². The minimum atomic E-state index is -3.38. The zero-order valence-electron chi connectivity index (χ0n) is 12.2. The standard InChI is InChI=1S/C15H24N2O2S/c1-12-4-3-5-15(12)17-20(18,19)14-8-6-13(7-9-14)10-11-16-2/h6-9,12,15-17H,3-5,10-11H2,1-2H3. The lowest BCUT2D eigenvalue weighted by Gasteiger charge is -2.17. The van der Waals surface area contributed by atoms with Crippen LogP contribution < -0.4 is 10.0 Å². The monoisotopic (exact) mass is 296 g/mol. The smallest absolute Gasteiger partial charge is 0.240 e. The van der Waals surface area contributed by atoms with Crippen LogP contribution in [0.15, 0.2) is 29.2 Å². The molecule has 0 aromatic heterocycles. The highest BCUT2D eigenvalue weighted by molar-refractivity contribution is 7.89. The molecule has 1 saturated carbocycles. The molecule has 4 nitrogen and oxygen atoms in total. The Morgan fingerprint density at radius 2 is 1.90 bits per heavy atom. The molecule has 1 aliphatic carbocycles. The lowest BCUT2D eigenvalue weighted by Crippen LogP contribution is -2.36. The summed E-state index contributed by atoms with van der Waals surface area (Å²) in [5.74, 6) is 0.430. The molecule has 0 bridgehead atoms. The molecule has 2 atom stereocenters. The Morgan fingerprint density at radius 1 is 1.20 bits per heavy atom. The molecule has 0 saturated heterocycles. The van der Waals surface area contributed by atoms with Crippen molar-refractivity contribution in [2.24, 2.45) is 5.92 Å². The number of hydrogen-bond acceptors (Lipinski definition) is 3. The number of rotatable bonds is 6. The van der Waals surface area contributed by atoms with E-state index in [1.807, 2.05) is 19.2 Å². The minimum Gasteiger partial charge on any atom is -0.319 e. The number of likely N-dealkylation sites (N-methyl/N-ethyl adjacent to an activating group) is 1. The van der Waals surface area contributed by atoms with Gasteiger partial charge in [-0.2, -0.15) is 0 Å². The Kier molecular flexibility index (Phi) is 5.18. The highest BCUT2D eigenvalue weighted by Crippen LogP contribution is 2.26. The van der Waals surface area contributed by atoms with E-state index < -0.39 is 10.0 Å². The molecule has 0 amide bonds. The fourth-order valence-corrected chi connectivity index (χ4v) is 4.07. The van der Waals surface area contributed by atoms with Crippen molar-refractivity contribution >= 4 is 10.0 Å². The molecular formula is C15H24N2O2S. The largest absolute Gasteiger partial charge is 0.319 e. The van der Waals surface area contributed by atoms with Crippen LogP contribution in [0.5, 0.6) is 0 Å². The van der Waals surface area contributed by atoms with Crippen molar-refractivity contribution in [3.63, 3.8) is 0 Å². The molecule has 2 N–H and O–H groups in total. The number of benzene rings is 1. The topological polar surface area (TPSA) is 58.2 Å². The van der Waals surface area contributed by atoms with Crippen molar-refractivity contribution in [3.05, 3.63) is 29.8 Å². The van der Waals surface area contributed by atoms with E-state index in [0.717, 1.165) is 37.8 Å². The first kappa shape index (κ1) is 15.5. The summed E-state index contributed by atoms with van der Waals surface area (Å²) in [4.78, 5) is 0.366. The van der Waals surface area contributed by atoms with Crippen LogP contribution in [0.1, 0.15) is 31.7 Å². The fourth-order valence-electron chi connectivity index (χ4n) is 2.69. The molecular weight excluding hydrogens is 272 g/mol. The van der Waals surface area contributed by atoms with Crippen molar-refractivity contribution in [1.82, 2.24) is 10.0 Å². The van der Waals surface area contributed by atoms with Gasteiger partial charge in [0.25, 0.3) is 0 Å². The molecule has 112 valence electrons. The lowest BCUT2D eigenvalue weighted by molar-refractivity contribution is 0.476. The number of hydrogen-bond donors (Lipinski definition) is 2. The zero-order valence-corrected chi connectivity index (χ0v) is 13.0. The van der Waals surface area contributed by atoms with E-state index in [-0.39, 0.29) is 6.04 Å². The molecule has 1 aromatic carbocycles. The van der Waals surface area contributed by atoms with E-state index in [2.05, 4.69) is 17.0 Å². The van der Waals surface area contributed by atoms with E-state index in [1.165, 1.54) is 0 Å². The SMILES string of the molecule is CNCCc1ccc(S(=O)(=O)NC2CCCC2C)cc1. The average Bonchev–Trinajstić information content (AvgIpc) is 2.82. The highest BCUT2D eigenvalue weighted by atomic mass is 32.2. The van der Waals surface area contributed by atoms with Crippen molar-refractivity contribution in [2.45, 2.75) is 43.5 Å². The van der Waals surface area contributed by atoms with E-state index in [0.29, 0.717) is 10.8 Å². The minimum absolute atomic E-state index is 0.0870. The molecule has 1 aliphatic rings. The normalized spacial score (nSPS) is 23.1. The second-order valence-corrected chi connectivity index (χ2v) is 7.35. The maximum absolute atomic E-state index is 12.3. The molecule has 0 radical (unpaired) electrons. The quantitative estimate of drug-likeness (QED) is 0.843. The van der Waals surface area contributed by atoms with Gasteiger partial charge in [-0.3, -0.25) is 0 Å². The zero-order chi connectivity index (χ0) is 14.6. The average molecular weight is 296 g/mol. The number of sulfonamides is 1. The summed E-state index contributed by atoms with van der Waals surface area (Å²) in [6, 6.07) is 7.28. The van der Waals surface area contributed by atoms with E-state index in [9.17, 15) is 8.42 Å². The van der Waals surface area contributed by atoms with Gasteiger partial charge in [-0.1, -0.05) is 25.5 Å². The maximum atomic E-state index is 12.3. The second kappa shape index (κ2) is 6.70. The van der Waals surface area contributed by atoms with Gasteiger partial charge in [0.15, 0.2) is 0 Å². The van der Waals surface area contributed by atoms with Crippen LogP contribution in [-0.4, -0.2) is 28.1 Å². The van der Waals surface area contributed by atoms with Crippen LogP contribution in [0.2, 0.25) is 0 Å². The van der Waals surface area contributed by atoms with Gasteiger partial charge >= 0.3 is 0 Å². The van der Waals surface area contributed by atoms with Crippen LogP contribution in [0.3, 0.4) is 0 Å². The molecule has 20 heavy (non-hydrogen) atoms. The summed E-state index contributed by atoms with van der Waals surface area (Å²) in [7, 11) is -1.47. The number of nitrogens with one attached hydrogen (secondary N) is 2. The molecule has 0 aliphatic heterocycles. The Balaban J connectivity index is 2.05. The van der Waals surface area contributed by atoms with Crippen LogP contribution in [0, 0.1) is 5.92 Å². The molecule has 2 rings (SSSR count). The Bertz CT molecular complexity index is 525. The summed E-state index contributed by atoms with van der Waals surface area (Å²) in [6.07, 6.45) is 4.07. The Hall–Kier alpha value is -0.910. The van der Waals surface area contributed by atoms with Crippen LogP contribution >= 0.6 is 0 Å². The van der Waals surface area contributed by atoms with E-state index in [1.54, 1.807) is 12.1 Å². The molecule has 1 fully saturated rings. The molecule has 2 unspecified atom stereocenters. The Labute approximate surface area is 122 Å². The molecule has 0 heterocycles. The molecule has 5 heteroatoms. The summed E-state index contributed by atoms with van der Waals surface area (Å²) in [5, 5.41) is 3.08. The van der Waals surface area contributed by atoms with Gasteiger partial charge in [-0.05, 0) is 56.5 Å². The van der Waals surface area contributed by atoms with Crippen LogP contribution in [-0.2, 0) is 16.4 Å². The first-order chi connectivity index (χ1) is 9.53. The summed E-state index contributed by atoms with van der Waals surface area (Å²) >= 11 is 0.